The molecule has 0 radical (unpaired) electrons. The van der Waals surface area contributed by atoms with Gasteiger partial charge in [0.05, 0.1) is 23.7 Å². The van der Waals surface area contributed by atoms with Crippen molar-refractivity contribution >= 4 is 17.0 Å². The van der Waals surface area contributed by atoms with E-state index in [4.69, 9.17) is 10.2 Å². The molecule has 114 valence electrons. The van der Waals surface area contributed by atoms with E-state index in [1.54, 1.807) is 4.57 Å². The van der Waals surface area contributed by atoms with Crippen molar-refractivity contribution < 1.29 is 15.0 Å². The van der Waals surface area contributed by atoms with Gasteiger partial charge in [-0.2, -0.15) is 0 Å². The Hall–Kier alpha value is -1.92. The monoisotopic (exact) mass is 291 g/mol. The second-order valence-corrected chi connectivity index (χ2v) is 5.07. The zero-order valence-corrected chi connectivity index (χ0v) is 12.4. The highest BCUT2D eigenvalue weighted by Crippen LogP contribution is 2.26. The van der Waals surface area contributed by atoms with Crippen LogP contribution in [0.2, 0.25) is 0 Å². The first-order valence-electron chi connectivity index (χ1n) is 7.06. The van der Waals surface area contributed by atoms with Gasteiger partial charge < -0.3 is 14.8 Å². The number of fused-ring (bicyclic) bond motifs is 1. The number of benzene rings is 1. The number of para-hydroxylation sites is 2. The molecule has 1 unspecified atom stereocenters. The van der Waals surface area contributed by atoms with Gasteiger partial charge in [0.1, 0.15) is 12.4 Å². The van der Waals surface area contributed by atoms with Crippen molar-refractivity contribution in [2.45, 2.75) is 25.9 Å². The standard InChI is InChI=1S/C15H21N3O3/c1-3-12(17(2)8-9-19)15-16-11-6-4-5-7-13(11)18(15)10-14(20)21/h4-7,12,19H,3,8-10H2,1-2H3,(H,20,21). The van der Waals surface area contributed by atoms with Gasteiger partial charge in [-0.3, -0.25) is 9.69 Å². The highest BCUT2D eigenvalue weighted by Gasteiger charge is 2.23. The van der Waals surface area contributed by atoms with Gasteiger partial charge in [-0.25, -0.2) is 4.98 Å². The molecule has 0 aliphatic carbocycles. The summed E-state index contributed by atoms with van der Waals surface area (Å²) < 4.78 is 1.75. The summed E-state index contributed by atoms with van der Waals surface area (Å²) in [6.45, 7) is 2.50. The molecule has 0 saturated heterocycles. The molecule has 1 aromatic heterocycles. The second-order valence-electron chi connectivity index (χ2n) is 5.07. The maximum absolute atomic E-state index is 11.2. The Morgan fingerprint density at radius 3 is 2.76 bits per heavy atom. The summed E-state index contributed by atoms with van der Waals surface area (Å²) in [5.74, 6) is -0.156. The first-order chi connectivity index (χ1) is 10.1. The zero-order chi connectivity index (χ0) is 15.4. The number of imidazole rings is 1. The number of carboxylic acids is 1. The topological polar surface area (TPSA) is 78.6 Å². The molecular weight excluding hydrogens is 270 g/mol. The molecule has 0 aliphatic rings. The third kappa shape index (κ3) is 3.22. The van der Waals surface area contributed by atoms with E-state index < -0.39 is 5.97 Å². The molecule has 1 aromatic carbocycles. The van der Waals surface area contributed by atoms with E-state index in [-0.39, 0.29) is 19.2 Å². The Balaban J connectivity index is 2.52. The fourth-order valence-electron chi connectivity index (χ4n) is 2.65. The Kier molecular flexibility index (Phi) is 4.93. The smallest absolute Gasteiger partial charge is 0.323 e. The van der Waals surface area contributed by atoms with Gasteiger partial charge in [0, 0.05) is 6.54 Å². The van der Waals surface area contributed by atoms with E-state index >= 15 is 0 Å². The molecule has 6 heteroatoms. The van der Waals surface area contributed by atoms with Crippen LogP contribution in [0.5, 0.6) is 0 Å². The number of hydrogen-bond donors (Lipinski definition) is 2. The predicted octanol–water partition coefficient (Wildman–Crippen LogP) is 1.50. The van der Waals surface area contributed by atoms with Crippen LogP contribution < -0.4 is 0 Å². The van der Waals surface area contributed by atoms with Crippen LogP contribution in [0.3, 0.4) is 0 Å². The van der Waals surface area contributed by atoms with E-state index in [0.717, 1.165) is 23.3 Å². The van der Waals surface area contributed by atoms with Gasteiger partial charge in [-0.1, -0.05) is 19.1 Å². The summed E-state index contributed by atoms with van der Waals surface area (Å²) in [6.07, 6.45) is 0.791. The lowest BCUT2D eigenvalue weighted by Gasteiger charge is -2.26. The van der Waals surface area contributed by atoms with Crippen molar-refractivity contribution in [3.63, 3.8) is 0 Å². The number of nitrogens with zero attached hydrogens (tertiary/aromatic N) is 3. The minimum absolute atomic E-state index is 0.0242. The zero-order valence-electron chi connectivity index (χ0n) is 12.4. The third-order valence-electron chi connectivity index (χ3n) is 3.65. The van der Waals surface area contributed by atoms with E-state index in [1.807, 2.05) is 43.1 Å². The molecule has 0 fully saturated rings. The van der Waals surface area contributed by atoms with Gasteiger partial charge in [0.15, 0.2) is 0 Å². The lowest BCUT2D eigenvalue weighted by atomic mass is 10.2. The minimum Gasteiger partial charge on any atom is -0.480 e. The average molecular weight is 291 g/mol. The molecule has 0 amide bonds. The Labute approximate surface area is 123 Å². The van der Waals surface area contributed by atoms with E-state index in [9.17, 15) is 4.79 Å². The van der Waals surface area contributed by atoms with E-state index in [0.29, 0.717) is 6.54 Å². The second kappa shape index (κ2) is 6.69. The number of aromatic nitrogens is 2. The third-order valence-corrected chi connectivity index (χ3v) is 3.65. The summed E-state index contributed by atoms with van der Waals surface area (Å²) >= 11 is 0. The molecule has 1 atom stereocenters. The van der Waals surface area contributed by atoms with Crippen LogP contribution in [0.1, 0.15) is 25.2 Å². The summed E-state index contributed by atoms with van der Waals surface area (Å²) in [5.41, 5.74) is 1.62. The fourth-order valence-corrected chi connectivity index (χ4v) is 2.65. The van der Waals surface area contributed by atoms with Gasteiger partial charge >= 0.3 is 5.97 Å². The highest BCUT2D eigenvalue weighted by atomic mass is 16.4. The fraction of sp³-hybridized carbons (Fsp3) is 0.467. The summed E-state index contributed by atoms with van der Waals surface area (Å²) in [6, 6.07) is 7.51. The lowest BCUT2D eigenvalue weighted by Crippen LogP contribution is -2.30. The molecule has 2 aromatic rings. The van der Waals surface area contributed by atoms with E-state index in [2.05, 4.69) is 4.98 Å². The van der Waals surface area contributed by atoms with Crippen LogP contribution in [0.25, 0.3) is 11.0 Å². The van der Waals surface area contributed by atoms with Crippen molar-refractivity contribution in [2.24, 2.45) is 0 Å². The molecule has 6 nitrogen and oxygen atoms in total. The van der Waals surface area contributed by atoms with Crippen molar-refractivity contribution in [3.05, 3.63) is 30.1 Å². The molecule has 21 heavy (non-hydrogen) atoms. The number of carbonyl (C=O) groups is 1. The number of hydrogen-bond acceptors (Lipinski definition) is 4. The molecule has 0 saturated carbocycles. The quantitative estimate of drug-likeness (QED) is 0.808. The molecule has 0 spiro atoms. The minimum atomic E-state index is -0.890. The number of aliphatic carboxylic acids is 1. The lowest BCUT2D eigenvalue weighted by molar-refractivity contribution is -0.137. The van der Waals surface area contributed by atoms with Gasteiger partial charge in [-0.05, 0) is 25.6 Å². The van der Waals surface area contributed by atoms with Gasteiger partial charge in [-0.15, -0.1) is 0 Å². The van der Waals surface area contributed by atoms with Crippen molar-refractivity contribution in [3.8, 4) is 0 Å². The summed E-state index contributed by atoms with van der Waals surface area (Å²) in [7, 11) is 1.91. The Morgan fingerprint density at radius 2 is 2.14 bits per heavy atom. The first-order valence-corrected chi connectivity index (χ1v) is 7.06. The van der Waals surface area contributed by atoms with Crippen LogP contribution in [0.4, 0.5) is 0 Å². The summed E-state index contributed by atoms with van der Waals surface area (Å²) in [4.78, 5) is 17.8. The van der Waals surface area contributed by atoms with E-state index in [1.165, 1.54) is 0 Å². The highest BCUT2D eigenvalue weighted by molar-refractivity contribution is 5.78. The normalized spacial score (nSPS) is 13.0. The predicted molar refractivity (Wildman–Crippen MR) is 80.1 cm³/mol. The number of carboxylic acid groups (broad SMARTS) is 1. The largest absolute Gasteiger partial charge is 0.480 e. The SMILES string of the molecule is CCC(c1nc2ccccc2n1CC(=O)O)N(C)CCO. The maximum Gasteiger partial charge on any atom is 0.323 e. The van der Waals surface area contributed by atoms with Gasteiger partial charge in [0.25, 0.3) is 0 Å². The first kappa shape index (κ1) is 15.5. The number of aliphatic hydroxyl groups excluding tert-OH is 1. The van der Waals surface area contributed by atoms with Crippen molar-refractivity contribution in [2.75, 3.05) is 20.2 Å². The molecule has 0 bridgehead atoms. The molecule has 2 rings (SSSR count). The van der Waals surface area contributed by atoms with Crippen LogP contribution in [0, 0.1) is 0 Å². The maximum atomic E-state index is 11.2. The molecular formula is C15H21N3O3. The molecule has 2 N–H and O–H groups in total. The summed E-state index contributed by atoms with van der Waals surface area (Å²) in [5, 5.41) is 18.3. The van der Waals surface area contributed by atoms with Crippen LogP contribution in [-0.2, 0) is 11.3 Å². The van der Waals surface area contributed by atoms with Gasteiger partial charge in [0.2, 0.25) is 0 Å². The van der Waals surface area contributed by atoms with Crippen LogP contribution in [-0.4, -0.2) is 50.8 Å². The number of rotatable bonds is 7. The Morgan fingerprint density at radius 1 is 1.43 bits per heavy atom. The molecule has 0 aliphatic heterocycles. The van der Waals surface area contributed by atoms with Crippen LogP contribution in [0.15, 0.2) is 24.3 Å². The number of likely N-dealkylation sites (N-methyl/N-ethyl adjacent to an activating group) is 1. The Bertz CT molecular complexity index is 624. The average Bonchev–Trinajstić information content (AvgIpc) is 2.78. The number of aliphatic hydroxyl groups is 1. The van der Waals surface area contributed by atoms with Crippen LogP contribution >= 0.6 is 0 Å². The van der Waals surface area contributed by atoms with Crippen molar-refractivity contribution in [1.29, 1.82) is 0 Å². The molecule has 1 heterocycles. The van der Waals surface area contributed by atoms with Crippen molar-refractivity contribution in [1.82, 2.24) is 14.5 Å².